The first-order chi connectivity index (χ1) is 9.58. The predicted molar refractivity (Wildman–Crippen MR) is 86.1 cm³/mol. The molecule has 1 heterocycles. The van der Waals surface area contributed by atoms with Crippen molar-refractivity contribution >= 4 is 5.82 Å². The van der Waals surface area contributed by atoms with Crippen LogP contribution in [-0.4, -0.2) is 47.4 Å². The van der Waals surface area contributed by atoms with Crippen LogP contribution in [0.5, 0.6) is 0 Å². The lowest BCUT2D eigenvalue weighted by molar-refractivity contribution is 0.300. The highest BCUT2D eigenvalue weighted by atomic mass is 15.4. The fraction of sp³-hybridized carbons (Fsp3) is 0.800. The van der Waals surface area contributed by atoms with E-state index in [0.717, 1.165) is 38.4 Å². The van der Waals surface area contributed by atoms with Gasteiger partial charge in [0.2, 0.25) is 0 Å². The van der Waals surface area contributed by atoms with Crippen molar-refractivity contribution in [2.24, 2.45) is 12.8 Å². The zero-order chi connectivity index (χ0) is 15.1. The van der Waals surface area contributed by atoms with Crippen LogP contribution in [-0.2, 0) is 13.6 Å². The Balaban J connectivity index is 2.71. The minimum atomic E-state index is 0.557. The van der Waals surface area contributed by atoms with Gasteiger partial charge in [-0.25, -0.2) is 0 Å². The zero-order valence-corrected chi connectivity index (χ0v) is 13.8. The largest absolute Gasteiger partial charge is 0.357 e. The topological polar surface area (TPSA) is 50.3 Å². The van der Waals surface area contributed by atoms with E-state index in [1.807, 2.05) is 18.7 Å². The molecule has 20 heavy (non-hydrogen) atoms. The van der Waals surface area contributed by atoms with Crippen molar-refractivity contribution in [3.63, 3.8) is 0 Å². The number of hydrogen-bond acceptors (Lipinski definition) is 4. The summed E-state index contributed by atoms with van der Waals surface area (Å²) in [7, 11) is 2.01. The lowest BCUT2D eigenvalue weighted by Gasteiger charge is -2.26. The third-order valence-electron chi connectivity index (χ3n) is 4.00. The van der Waals surface area contributed by atoms with Crippen molar-refractivity contribution in [1.82, 2.24) is 14.7 Å². The van der Waals surface area contributed by atoms with Crippen LogP contribution in [0.25, 0.3) is 0 Å². The van der Waals surface area contributed by atoms with Crippen LogP contribution < -0.4 is 10.6 Å². The lowest BCUT2D eigenvalue weighted by Crippen LogP contribution is -2.31. The molecule has 1 rings (SSSR count). The number of anilines is 1. The first-order valence-corrected chi connectivity index (χ1v) is 7.78. The Morgan fingerprint density at radius 3 is 2.25 bits per heavy atom. The molecule has 0 fully saturated rings. The SMILES string of the molecule is CCN(CC)CCCN(CC)c1c(CN)c(C)nn1C. The standard InChI is InChI=1S/C15H31N5/c1-6-19(7-2)10-9-11-20(8-3)15-14(12-16)13(4)17-18(15)5/h6-12,16H2,1-5H3. The molecule has 2 N–H and O–H groups in total. The van der Waals surface area contributed by atoms with Crippen molar-refractivity contribution < 1.29 is 0 Å². The van der Waals surface area contributed by atoms with Gasteiger partial charge in [-0.15, -0.1) is 0 Å². The van der Waals surface area contributed by atoms with Gasteiger partial charge in [-0.05, 0) is 39.9 Å². The van der Waals surface area contributed by atoms with Crippen LogP contribution >= 0.6 is 0 Å². The number of hydrogen-bond donors (Lipinski definition) is 1. The summed E-state index contributed by atoms with van der Waals surface area (Å²) in [4.78, 5) is 4.86. The van der Waals surface area contributed by atoms with Crippen molar-refractivity contribution in [2.75, 3.05) is 37.6 Å². The summed E-state index contributed by atoms with van der Waals surface area (Å²) in [6, 6.07) is 0. The van der Waals surface area contributed by atoms with Crippen LogP contribution in [0.1, 0.15) is 38.4 Å². The fourth-order valence-electron chi connectivity index (χ4n) is 2.76. The summed E-state index contributed by atoms with van der Waals surface area (Å²) >= 11 is 0. The van der Waals surface area contributed by atoms with E-state index in [4.69, 9.17) is 5.73 Å². The van der Waals surface area contributed by atoms with Crippen LogP contribution in [0.15, 0.2) is 0 Å². The van der Waals surface area contributed by atoms with E-state index in [9.17, 15) is 0 Å². The summed E-state index contributed by atoms with van der Waals surface area (Å²) in [5.41, 5.74) is 8.12. The summed E-state index contributed by atoms with van der Waals surface area (Å²) < 4.78 is 1.97. The molecule has 1 aromatic rings. The molecule has 1 aromatic heterocycles. The molecule has 5 nitrogen and oxygen atoms in total. The molecule has 5 heteroatoms. The van der Waals surface area contributed by atoms with Gasteiger partial charge in [0.1, 0.15) is 5.82 Å². The Morgan fingerprint density at radius 2 is 1.75 bits per heavy atom. The molecule has 0 aromatic carbocycles. The predicted octanol–water partition coefficient (Wildman–Crippen LogP) is 1.75. The van der Waals surface area contributed by atoms with Crippen LogP contribution in [0.3, 0.4) is 0 Å². The molecule has 0 saturated heterocycles. The van der Waals surface area contributed by atoms with Gasteiger partial charge in [0.25, 0.3) is 0 Å². The second kappa shape index (κ2) is 8.27. The summed E-state index contributed by atoms with van der Waals surface area (Å²) in [5.74, 6) is 1.19. The number of aryl methyl sites for hydroxylation is 2. The average Bonchev–Trinajstić information content (AvgIpc) is 2.73. The molecule has 116 valence electrons. The van der Waals surface area contributed by atoms with E-state index in [1.165, 1.54) is 17.8 Å². The highest BCUT2D eigenvalue weighted by Crippen LogP contribution is 2.22. The Labute approximate surface area is 123 Å². The van der Waals surface area contributed by atoms with E-state index in [1.54, 1.807) is 0 Å². The van der Waals surface area contributed by atoms with Crippen LogP contribution in [0, 0.1) is 6.92 Å². The highest BCUT2D eigenvalue weighted by molar-refractivity contribution is 5.50. The number of nitrogens with zero attached hydrogens (tertiary/aromatic N) is 4. The van der Waals surface area contributed by atoms with Gasteiger partial charge < -0.3 is 15.5 Å². The van der Waals surface area contributed by atoms with Crippen LogP contribution in [0.4, 0.5) is 5.82 Å². The maximum atomic E-state index is 5.89. The average molecular weight is 281 g/mol. The molecule has 0 spiro atoms. The Hall–Kier alpha value is -1.07. The van der Waals surface area contributed by atoms with E-state index in [2.05, 4.69) is 35.7 Å². The molecule has 0 amide bonds. The van der Waals surface area contributed by atoms with E-state index < -0.39 is 0 Å². The highest BCUT2D eigenvalue weighted by Gasteiger charge is 2.17. The smallest absolute Gasteiger partial charge is 0.131 e. The van der Waals surface area contributed by atoms with Crippen molar-refractivity contribution in [2.45, 2.75) is 40.7 Å². The van der Waals surface area contributed by atoms with Crippen molar-refractivity contribution in [3.05, 3.63) is 11.3 Å². The van der Waals surface area contributed by atoms with Gasteiger partial charge >= 0.3 is 0 Å². The number of rotatable bonds is 9. The Bertz CT molecular complexity index is 395. The third kappa shape index (κ3) is 3.96. The normalized spacial score (nSPS) is 11.3. The van der Waals surface area contributed by atoms with Gasteiger partial charge in [0.05, 0.1) is 5.69 Å². The lowest BCUT2D eigenvalue weighted by atomic mass is 10.2. The Kier molecular flexibility index (Phi) is 7.02. The third-order valence-corrected chi connectivity index (χ3v) is 4.00. The second-order valence-corrected chi connectivity index (χ2v) is 5.18. The summed E-state index contributed by atoms with van der Waals surface area (Å²) in [5, 5.41) is 4.51. The monoisotopic (exact) mass is 281 g/mol. The molecule has 0 bridgehead atoms. The molecule has 0 aliphatic rings. The van der Waals surface area contributed by atoms with Gasteiger partial charge in [-0.2, -0.15) is 5.10 Å². The van der Waals surface area contributed by atoms with Gasteiger partial charge in [-0.3, -0.25) is 4.68 Å². The molecule has 0 radical (unpaired) electrons. The minimum absolute atomic E-state index is 0.557. The molecule has 0 aliphatic carbocycles. The first kappa shape index (κ1) is 17.0. The Morgan fingerprint density at radius 1 is 1.10 bits per heavy atom. The van der Waals surface area contributed by atoms with E-state index in [0.29, 0.717) is 6.54 Å². The van der Waals surface area contributed by atoms with Crippen molar-refractivity contribution in [1.29, 1.82) is 0 Å². The van der Waals surface area contributed by atoms with E-state index >= 15 is 0 Å². The van der Waals surface area contributed by atoms with Crippen LogP contribution in [0.2, 0.25) is 0 Å². The van der Waals surface area contributed by atoms with Gasteiger partial charge in [0, 0.05) is 32.2 Å². The maximum absolute atomic E-state index is 5.89. The molecular weight excluding hydrogens is 250 g/mol. The molecule has 0 unspecified atom stereocenters. The zero-order valence-electron chi connectivity index (χ0n) is 13.8. The maximum Gasteiger partial charge on any atom is 0.131 e. The van der Waals surface area contributed by atoms with Gasteiger partial charge in [0.15, 0.2) is 0 Å². The second-order valence-electron chi connectivity index (χ2n) is 5.18. The molecule has 0 atom stereocenters. The van der Waals surface area contributed by atoms with Crippen molar-refractivity contribution in [3.8, 4) is 0 Å². The number of nitrogens with two attached hydrogens (primary N) is 1. The minimum Gasteiger partial charge on any atom is -0.357 e. The van der Waals surface area contributed by atoms with Gasteiger partial charge in [-0.1, -0.05) is 13.8 Å². The molecular formula is C15H31N5. The number of aromatic nitrogens is 2. The molecule has 0 saturated carbocycles. The summed E-state index contributed by atoms with van der Waals surface area (Å²) in [6.45, 7) is 14.7. The quantitative estimate of drug-likeness (QED) is 0.749. The molecule has 0 aliphatic heterocycles. The first-order valence-electron chi connectivity index (χ1n) is 7.78. The fourth-order valence-corrected chi connectivity index (χ4v) is 2.76. The van der Waals surface area contributed by atoms with E-state index in [-0.39, 0.29) is 0 Å². The summed E-state index contributed by atoms with van der Waals surface area (Å²) in [6.07, 6.45) is 1.17.